The molecular weight excluding hydrogens is 210 g/mol. The van der Waals surface area contributed by atoms with E-state index in [9.17, 15) is 0 Å². The van der Waals surface area contributed by atoms with Gasteiger partial charge in [0.1, 0.15) is 0 Å². The van der Waals surface area contributed by atoms with E-state index in [2.05, 4.69) is 6.92 Å². The second-order valence-electron chi connectivity index (χ2n) is 6.10. The average Bonchev–Trinajstić information content (AvgIpc) is 2.40. The monoisotopic (exact) mass is 239 g/mol. The molecule has 1 saturated carbocycles. The summed E-state index contributed by atoms with van der Waals surface area (Å²) >= 11 is 0. The summed E-state index contributed by atoms with van der Waals surface area (Å²) in [6.07, 6.45) is 10.8. The van der Waals surface area contributed by atoms with E-state index in [0.29, 0.717) is 6.04 Å². The lowest BCUT2D eigenvalue weighted by Crippen LogP contribution is -2.41. The zero-order valence-electron chi connectivity index (χ0n) is 11.4. The molecule has 2 aliphatic rings. The van der Waals surface area contributed by atoms with E-state index in [1.807, 2.05) is 0 Å². The highest BCUT2D eigenvalue weighted by Gasteiger charge is 2.30. The molecule has 2 fully saturated rings. The molecule has 2 heteroatoms. The third kappa shape index (κ3) is 3.69. The van der Waals surface area contributed by atoms with E-state index in [-0.39, 0.29) is 0 Å². The van der Waals surface area contributed by atoms with Crippen molar-refractivity contribution in [3.05, 3.63) is 0 Å². The summed E-state index contributed by atoms with van der Waals surface area (Å²) in [6, 6.07) is 0.446. The Kier molecular flexibility index (Phi) is 5.30. The highest BCUT2D eigenvalue weighted by Crippen LogP contribution is 2.36. The first-order valence-electron chi connectivity index (χ1n) is 7.64. The maximum atomic E-state index is 6.49. The van der Waals surface area contributed by atoms with Gasteiger partial charge < -0.3 is 10.5 Å². The van der Waals surface area contributed by atoms with Crippen LogP contribution in [0.4, 0.5) is 0 Å². The largest absolute Gasteiger partial charge is 0.381 e. The zero-order valence-corrected chi connectivity index (χ0v) is 11.4. The Bertz CT molecular complexity index is 205. The Morgan fingerprint density at radius 2 is 1.59 bits per heavy atom. The quantitative estimate of drug-likeness (QED) is 0.816. The average molecular weight is 239 g/mol. The van der Waals surface area contributed by atoms with Crippen molar-refractivity contribution < 1.29 is 4.74 Å². The summed E-state index contributed by atoms with van der Waals surface area (Å²) in [7, 11) is 0. The molecule has 2 N–H and O–H groups in total. The van der Waals surface area contributed by atoms with Crippen LogP contribution in [0.5, 0.6) is 0 Å². The third-order valence-electron chi connectivity index (χ3n) is 4.94. The molecule has 1 atom stereocenters. The number of ether oxygens (including phenoxy) is 1. The van der Waals surface area contributed by atoms with Crippen molar-refractivity contribution in [1.82, 2.24) is 0 Å². The fraction of sp³-hybridized carbons (Fsp3) is 1.00. The van der Waals surface area contributed by atoms with Crippen molar-refractivity contribution in [1.29, 1.82) is 0 Å². The summed E-state index contributed by atoms with van der Waals surface area (Å²) in [5, 5.41) is 0. The highest BCUT2D eigenvalue weighted by atomic mass is 16.5. The first-order chi connectivity index (χ1) is 8.31. The molecule has 1 saturated heterocycles. The normalized spacial score (nSPS) is 33.5. The van der Waals surface area contributed by atoms with Crippen LogP contribution in [-0.4, -0.2) is 19.3 Å². The molecule has 0 amide bonds. The maximum Gasteiger partial charge on any atom is 0.0469 e. The lowest BCUT2D eigenvalue weighted by atomic mass is 9.73. The minimum atomic E-state index is 0.446. The third-order valence-corrected chi connectivity index (χ3v) is 4.94. The van der Waals surface area contributed by atoms with Crippen LogP contribution >= 0.6 is 0 Å². The Morgan fingerprint density at radius 1 is 1.00 bits per heavy atom. The Balaban J connectivity index is 1.75. The SMILES string of the molecule is CCCC1CCC(C(N)C2CCOCC2)CC1. The molecule has 1 aliphatic carbocycles. The molecule has 0 spiro atoms. The van der Waals surface area contributed by atoms with Gasteiger partial charge in [0.25, 0.3) is 0 Å². The van der Waals surface area contributed by atoms with E-state index >= 15 is 0 Å². The second-order valence-corrected chi connectivity index (χ2v) is 6.10. The van der Waals surface area contributed by atoms with Crippen LogP contribution in [0, 0.1) is 17.8 Å². The summed E-state index contributed by atoms with van der Waals surface area (Å²) in [6.45, 7) is 4.17. The molecule has 1 aliphatic heterocycles. The first-order valence-corrected chi connectivity index (χ1v) is 7.64. The lowest BCUT2D eigenvalue weighted by molar-refractivity contribution is 0.0458. The minimum Gasteiger partial charge on any atom is -0.381 e. The Morgan fingerprint density at radius 3 is 2.18 bits per heavy atom. The molecule has 100 valence electrons. The van der Waals surface area contributed by atoms with Gasteiger partial charge in [0.15, 0.2) is 0 Å². The van der Waals surface area contributed by atoms with Crippen molar-refractivity contribution >= 4 is 0 Å². The maximum absolute atomic E-state index is 6.49. The van der Waals surface area contributed by atoms with Crippen molar-refractivity contribution in [2.45, 2.75) is 64.3 Å². The van der Waals surface area contributed by atoms with Crippen molar-refractivity contribution in [3.8, 4) is 0 Å². The van der Waals surface area contributed by atoms with Crippen LogP contribution < -0.4 is 5.73 Å². The molecule has 1 heterocycles. The van der Waals surface area contributed by atoms with Gasteiger partial charge >= 0.3 is 0 Å². The number of hydrogen-bond donors (Lipinski definition) is 1. The first kappa shape index (κ1) is 13.4. The topological polar surface area (TPSA) is 35.2 Å². The van der Waals surface area contributed by atoms with Crippen LogP contribution in [0.1, 0.15) is 58.3 Å². The summed E-state index contributed by atoms with van der Waals surface area (Å²) in [5.74, 6) is 2.53. The zero-order chi connectivity index (χ0) is 12.1. The van der Waals surface area contributed by atoms with Gasteiger partial charge in [0.05, 0.1) is 0 Å². The molecular formula is C15H29NO. The molecule has 0 radical (unpaired) electrons. The minimum absolute atomic E-state index is 0.446. The lowest BCUT2D eigenvalue weighted by Gasteiger charge is -2.37. The molecule has 17 heavy (non-hydrogen) atoms. The molecule has 2 rings (SSSR count). The van der Waals surface area contributed by atoms with Crippen molar-refractivity contribution in [2.24, 2.45) is 23.5 Å². The predicted molar refractivity (Wildman–Crippen MR) is 71.9 cm³/mol. The molecule has 0 aromatic heterocycles. The Hall–Kier alpha value is -0.0800. The van der Waals surface area contributed by atoms with Crippen LogP contribution in [0.3, 0.4) is 0 Å². The molecule has 1 unspecified atom stereocenters. The van der Waals surface area contributed by atoms with Gasteiger partial charge in [-0.3, -0.25) is 0 Å². The van der Waals surface area contributed by atoms with Crippen LogP contribution in [0.25, 0.3) is 0 Å². The van der Waals surface area contributed by atoms with Crippen molar-refractivity contribution in [2.75, 3.05) is 13.2 Å². The van der Waals surface area contributed by atoms with Gasteiger partial charge in [-0.2, -0.15) is 0 Å². The molecule has 0 bridgehead atoms. The molecule has 2 nitrogen and oxygen atoms in total. The van der Waals surface area contributed by atoms with E-state index in [1.54, 1.807) is 0 Å². The van der Waals surface area contributed by atoms with Gasteiger partial charge in [0, 0.05) is 19.3 Å². The van der Waals surface area contributed by atoms with Gasteiger partial charge in [0.2, 0.25) is 0 Å². The molecule has 0 aromatic rings. The van der Waals surface area contributed by atoms with Gasteiger partial charge in [-0.25, -0.2) is 0 Å². The summed E-state index contributed by atoms with van der Waals surface area (Å²) < 4.78 is 5.43. The van der Waals surface area contributed by atoms with E-state index in [0.717, 1.165) is 31.0 Å². The predicted octanol–water partition coefficient (Wildman–Crippen LogP) is 3.35. The second kappa shape index (κ2) is 6.75. The fourth-order valence-electron chi connectivity index (χ4n) is 3.76. The molecule has 0 aromatic carbocycles. The van der Waals surface area contributed by atoms with Gasteiger partial charge in [-0.1, -0.05) is 32.6 Å². The number of hydrogen-bond acceptors (Lipinski definition) is 2. The van der Waals surface area contributed by atoms with Crippen LogP contribution in [0.2, 0.25) is 0 Å². The van der Waals surface area contributed by atoms with Crippen LogP contribution in [-0.2, 0) is 4.74 Å². The van der Waals surface area contributed by atoms with Crippen molar-refractivity contribution in [3.63, 3.8) is 0 Å². The number of nitrogens with two attached hydrogens (primary N) is 1. The fourth-order valence-corrected chi connectivity index (χ4v) is 3.76. The van der Waals surface area contributed by atoms with E-state index in [4.69, 9.17) is 10.5 Å². The summed E-state index contributed by atoms with van der Waals surface area (Å²) in [5.41, 5.74) is 6.49. The Labute approximate surface area is 106 Å². The standard InChI is InChI=1S/C15H29NO/c1-2-3-12-4-6-13(7-5-12)15(16)14-8-10-17-11-9-14/h12-15H,2-11,16H2,1H3. The summed E-state index contributed by atoms with van der Waals surface area (Å²) in [4.78, 5) is 0. The highest BCUT2D eigenvalue weighted by molar-refractivity contribution is 4.85. The van der Waals surface area contributed by atoms with E-state index in [1.165, 1.54) is 51.4 Å². The van der Waals surface area contributed by atoms with E-state index < -0.39 is 0 Å². The number of rotatable bonds is 4. The van der Waals surface area contributed by atoms with Gasteiger partial charge in [-0.05, 0) is 43.4 Å². The van der Waals surface area contributed by atoms with Gasteiger partial charge in [-0.15, -0.1) is 0 Å². The van der Waals surface area contributed by atoms with Crippen LogP contribution in [0.15, 0.2) is 0 Å². The smallest absolute Gasteiger partial charge is 0.0469 e.